The third-order valence-corrected chi connectivity index (χ3v) is 2.86. The Morgan fingerprint density at radius 1 is 1.00 bits per heavy atom. The van der Waals surface area contributed by atoms with Crippen molar-refractivity contribution in [1.29, 1.82) is 0 Å². The van der Waals surface area contributed by atoms with Crippen LogP contribution in [0.25, 0.3) is 0 Å². The summed E-state index contributed by atoms with van der Waals surface area (Å²) in [5.41, 5.74) is 2.34. The summed E-state index contributed by atoms with van der Waals surface area (Å²) in [5, 5.41) is 0. The number of amides is 1. The Labute approximate surface area is 112 Å². The Balaban J connectivity index is 2.14. The molecule has 0 aliphatic rings. The lowest BCUT2D eigenvalue weighted by Gasteiger charge is -2.10. The number of hydrogen-bond acceptors (Lipinski definition) is 2. The monoisotopic (exact) mass is 253 g/mol. The molecule has 0 bridgehead atoms. The molecule has 2 rings (SSSR count). The highest BCUT2D eigenvalue weighted by atomic mass is 16.1. The minimum Gasteiger partial charge on any atom is -0.344 e. The zero-order valence-corrected chi connectivity index (χ0v) is 10.7. The van der Waals surface area contributed by atoms with Crippen molar-refractivity contribution < 1.29 is 9.59 Å². The summed E-state index contributed by atoms with van der Waals surface area (Å²) in [5.74, 6) is 0.0101. The summed E-state index contributed by atoms with van der Waals surface area (Å²) in [4.78, 5) is 24.3. The van der Waals surface area contributed by atoms with Crippen molar-refractivity contribution >= 4 is 12.2 Å². The summed E-state index contributed by atoms with van der Waals surface area (Å²) in [6.45, 7) is 0.545. The lowest BCUT2D eigenvalue weighted by Crippen LogP contribution is -2.14. The predicted molar refractivity (Wildman–Crippen MR) is 73.8 cm³/mol. The van der Waals surface area contributed by atoms with E-state index in [1.807, 2.05) is 30.3 Å². The molecule has 0 unspecified atom stereocenters. The highest BCUT2D eigenvalue weighted by Crippen LogP contribution is 2.11. The van der Waals surface area contributed by atoms with Crippen LogP contribution in [0.5, 0.6) is 0 Å². The molecular formula is C16H15NO2. The molecule has 3 nitrogen and oxygen atoms in total. The molecule has 1 amide bonds. The van der Waals surface area contributed by atoms with Crippen molar-refractivity contribution in [1.82, 2.24) is 4.90 Å². The van der Waals surface area contributed by atoms with Crippen LogP contribution >= 0.6 is 0 Å². The molecule has 0 aliphatic heterocycles. The van der Waals surface area contributed by atoms with Crippen LogP contribution < -0.4 is 0 Å². The largest absolute Gasteiger partial charge is 0.344 e. The summed E-state index contributed by atoms with van der Waals surface area (Å²) in [7, 11) is 1.72. The van der Waals surface area contributed by atoms with E-state index in [0.717, 1.165) is 12.0 Å². The van der Waals surface area contributed by atoms with Gasteiger partial charge in [-0.2, -0.15) is 0 Å². The first-order chi connectivity index (χ1) is 9.20. The summed E-state index contributed by atoms with van der Waals surface area (Å²) in [6.07, 6.45) is 0.781. The molecule has 0 fully saturated rings. The molecule has 19 heavy (non-hydrogen) atoms. The Morgan fingerprint density at radius 3 is 2.16 bits per heavy atom. The zero-order chi connectivity index (χ0) is 13.7. The topological polar surface area (TPSA) is 37.4 Å². The fourth-order valence-electron chi connectivity index (χ4n) is 1.84. The molecule has 0 spiro atoms. The average molecular weight is 253 g/mol. The van der Waals surface area contributed by atoms with E-state index in [1.54, 1.807) is 36.2 Å². The van der Waals surface area contributed by atoms with Crippen molar-refractivity contribution in [2.45, 2.75) is 6.54 Å². The Kier molecular flexibility index (Phi) is 4.08. The van der Waals surface area contributed by atoms with Crippen LogP contribution in [0.1, 0.15) is 21.5 Å². The molecule has 2 aromatic rings. The Hall–Kier alpha value is -2.42. The SMILES string of the molecule is CN(C=O)Cc1ccc(C(=O)c2ccccc2)cc1. The van der Waals surface area contributed by atoms with Gasteiger partial charge in [-0.3, -0.25) is 9.59 Å². The van der Waals surface area contributed by atoms with Crippen LogP contribution in [0.4, 0.5) is 0 Å². The van der Waals surface area contributed by atoms with Gasteiger partial charge in [0.1, 0.15) is 0 Å². The summed E-state index contributed by atoms with van der Waals surface area (Å²) < 4.78 is 0. The van der Waals surface area contributed by atoms with Crippen LogP contribution in [0, 0.1) is 0 Å². The van der Waals surface area contributed by atoms with E-state index >= 15 is 0 Å². The molecule has 0 radical (unpaired) electrons. The van der Waals surface area contributed by atoms with Gasteiger partial charge in [0.05, 0.1) is 0 Å². The molecule has 2 aromatic carbocycles. The molecular weight excluding hydrogens is 238 g/mol. The van der Waals surface area contributed by atoms with Gasteiger partial charge < -0.3 is 4.90 Å². The number of rotatable bonds is 5. The number of carbonyl (C=O) groups is 2. The average Bonchev–Trinajstić information content (AvgIpc) is 2.48. The first-order valence-corrected chi connectivity index (χ1v) is 6.05. The summed E-state index contributed by atoms with van der Waals surface area (Å²) >= 11 is 0. The molecule has 0 aromatic heterocycles. The number of benzene rings is 2. The van der Waals surface area contributed by atoms with E-state index in [1.165, 1.54) is 0 Å². The first-order valence-electron chi connectivity index (χ1n) is 6.05. The lowest BCUT2D eigenvalue weighted by atomic mass is 10.0. The van der Waals surface area contributed by atoms with Crippen molar-refractivity contribution in [3.63, 3.8) is 0 Å². The second kappa shape index (κ2) is 5.96. The van der Waals surface area contributed by atoms with Crippen LogP contribution in [0.15, 0.2) is 54.6 Å². The number of hydrogen-bond donors (Lipinski definition) is 0. The first kappa shape index (κ1) is 13.0. The number of ketones is 1. The van der Waals surface area contributed by atoms with Crippen LogP contribution in [-0.2, 0) is 11.3 Å². The molecule has 0 N–H and O–H groups in total. The van der Waals surface area contributed by atoms with Gasteiger partial charge in [-0.05, 0) is 5.56 Å². The quantitative estimate of drug-likeness (QED) is 0.606. The minimum atomic E-state index is 0.0101. The fraction of sp³-hybridized carbons (Fsp3) is 0.125. The van der Waals surface area contributed by atoms with Gasteiger partial charge in [0, 0.05) is 24.7 Å². The lowest BCUT2D eigenvalue weighted by molar-refractivity contribution is -0.117. The highest BCUT2D eigenvalue weighted by Gasteiger charge is 2.08. The second-order valence-corrected chi connectivity index (χ2v) is 4.41. The van der Waals surface area contributed by atoms with Crippen molar-refractivity contribution in [2.75, 3.05) is 7.05 Å². The van der Waals surface area contributed by atoms with Gasteiger partial charge in [-0.1, -0.05) is 54.6 Å². The Bertz CT molecular complexity index is 561. The molecule has 0 heterocycles. The standard InChI is InChI=1S/C16H15NO2/c1-17(12-18)11-13-7-9-15(10-8-13)16(19)14-5-3-2-4-6-14/h2-10,12H,11H2,1H3. The van der Waals surface area contributed by atoms with Crippen molar-refractivity contribution in [2.24, 2.45) is 0 Å². The number of carbonyl (C=O) groups excluding carboxylic acids is 2. The highest BCUT2D eigenvalue weighted by molar-refractivity contribution is 6.08. The molecule has 3 heteroatoms. The van der Waals surface area contributed by atoms with E-state index < -0.39 is 0 Å². The van der Waals surface area contributed by atoms with Crippen molar-refractivity contribution in [3.8, 4) is 0 Å². The van der Waals surface area contributed by atoms with Crippen LogP contribution in [-0.4, -0.2) is 24.1 Å². The van der Waals surface area contributed by atoms with E-state index in [2.05, 4.69) is 0 Å². The van der Waals surface area contributed by atoms with E-state index in [4.69, 9.17) is 0 Å². The van der Waals surface area contributed by atoms with Gasteiger partial charge in [0.2, 0.25) is 6.41 Å². The maximum absolute atomic E-state index is 12.2. The smallest absolute Gasteiger partial charge is 0.209 e. The predicted octanol–water partition coefficient (Wildman–Crippen LogP) is 2.51. The third kappa shape index (κ3) is 3.28. The molecule has 0 saturated heterocycles. The van der Waals surface area contributed by atoms with E-state index in [9.17, 15) is 9.59 Å². The number of nitrogens with zero attached hydrogens (tertiary/aromatic N) is 1. The molecule has 0 atom stereocenters. The second-order valence-electron chi connectivity index (χ2n) is 4.41. The van der Waals surface area contributed by atoms with E-state index in [0.29, 0.717) is 17.7 Å². The van der Waals surface area contributed by atoms with Gasteiger partial charge in [-0.25, -0.2) is 0 Å². The van der Waals surface area contributed by atoms with Gasteiger partial charge in [0.15, 0.2) is 5.78 Å². The maximum atomic E-state index is 12.2. The summed E-state index contributed by atoms with van der Waals surface area (Å²) in [6, 6.07) is 16.5. The van der Waals surface area contributed by atoms with Gasteiger partial charge >= 0.3 is 0 Å². The minimum absolute atomic E-state index is 0.0101. The molecule has 96 valence electrons. The van der Waals surface area contributed by atoms with Crippen molar-refractivity contribution in [3.05, 3.63) is 71.3 Å². The zero-order valence-electron chi connectivity index (χ0n) is 10.7. The Morgan fingerprint density at radius 2 is 1.58 bits per heavy atom. The van der Waals surface area contributed by atoms with Crippen LogP contribution in [0.3, 0.4) is 0 Å². The maximum Gasteiger partial charge on any atom is 0.209 e. The van der Waals surface area contributed by atoms with E-state index in [-0.39, 0.29) is 5.78 Å². The normalized spacial score (nSPS) is 9.95. The third-order valence-electron chi connectivity index (χ3n) is 2.86. The van der Waals surface area contributed by atoms with Gasteiger partial charge in [0.25, 0.3) is 0 Å². The molecule has 0 aliphatic carbocycles. The molecule has 0 saturated carbocycles. The van der Waals surface area contributed by atoms with Crippen LogP contribution in [0.2, 0.25) is 0 Å². The van der Waals surface area contributed by atoms with Gasteiger partial charge in [-0.15, -0.1) is 0 Å². The fourth-order valence-corrected chi connectivity index (χ4v) is 1.84.